The Morgan fingerprint density at radius 2 is 0.667 bits per heavy atom. The summed E-state index contributed by atoms with van der Waals surface area (Å²) in [4.78, 5) is 52.7. The van der Waals surface area contributed by atoms with Crippen molar-refractivity contribution in [2.75, 3.05) is 13.2 Å². The van der Waals surface area contributed by atoms with Crippen molar-refractivity contribution in [3.05, 3.63) is 143 Å². The molecule has 400 valence electrons. The van der Waals surface area contributed by atoms with Crippen LogP contribution in [0.5, 0.6) is 34.5 Å². The smallest absolute Gasteiger partial charge is 0.353 e. The second-order valence-electron chi connectivity index (χ2n) is 19.4. The molecule has 0 aliphatic carbocycles. The summed E-state index contributed by atoms with van der Waals surface area (Å²) in [6.45, 7) is 5.81. The number of hydrogen-bond acceptors (Lipinski definition) is 11. The molecule has 1 aromatic heterocycles. The van der Waals surface area contributed by atoms with Gasteiger partial charge >= 0.3 is 23.9 Å². The van der Waals surface area contributed by atoms with Crippen LogP contribution in [0.4, 0.5) is 0 Å². The van der Waals surface area contributed by atoms with E-state index >= 15 is 0 Å². The molecule has 1 heterocycles. The predicted octanol–water partition coefficient (Wildman–Crippen LogP) is 17.9. The summed E-state index contributed by atoms with van der Waals surface area (Å²) in [5.74, 6) is 0.307. The van der Waals surface area contributed by atoms with Crippen LogP contribution >= 0.6 is 11.3 Å². The maximum Gasteiger partial charge on any atom is 0.353 e. The first-order chi connectivity index (χ1) is 36.8. The van der Waals surface area contributed by atoms with E-state index < -0.39 is 23.9 Å². The van der Waals surface area contributed by atoms with Crippen molar-refractivity contribution in [2.45, 2.75) is 168 Å². The van der Waals surface area contributed by atoms with E-state index in [9.17, 15) is 19.2 Å². The minimum absolute atomic E-state index is 0.243. The highest BCUT2D eigenvalue weighted by atomic mass is 32.1. The fourth-order valence-electron chi connectivity index (χ4n) is 8.74. The molecule has 75 heavy (non-hydrogen) atoms. The van der Waals surface area contributed by atoms with E-state index in [0.717, 1.165) is 42.8 Å². The van der Waals surface area contributed by atoms with Crippen molar-refractivity contribution in [1.82, 2.24) is 0 Å². The average Bonchev–Trinajstić information content (AvgIpc) is 3.88. The Kier molecular flexibility index (Phi) is 25.8. The number of thiophene rings is 1. The van der Waals surface area contributed by atoms with Gasteiger partial charge in [0.05, 0.1) is 34.6 Å². The Labute approximate surface area is 449 Å². The number of rotatable bonds is 36. The van der Waals surface area contributed by atoms with Gasteiger partial charge < -0.3 is 28.4 Å². The summed E-state index contributed by atoms with van der Waals surface area (Å²) in [6, 6.07) is 33.0. The molecule has 0 bridgehead atoms. The van der Waals surface area contributed by atoms with E-state index in [1.165, 1.54) is 177 Å². The summed E-state index contributed by atoms with van der Waals surface area (Å²) in [5.41, 5.74) is 0.910. The SMILES string of the molecule is CCCCCCCCCCCCCCOc1ccc(OC(=O)c2ccc(OC(=O)c3cc4cccc(OC(=O)c5ccc(OC(=O)c6ccc(OCCCCCCCCCCCCCC)cc6)cc5)c4s3)cc2)cc1. The van der Waals surface area contributed by atoms with Crippen LogP contribution in [0.25, 0.3) is 10.1 Å². The first-order valence-corrected chi connectivity index (χ1v) is 28.7. The summed E-state index contributed by atoms with van der Waals surface area (Å²) >= 11 is 1.13. The number of carbonyl (C=O) groups excluding carboxylic acids is 4. The zero-order chi connectivity index (χ0) is 52.7. The van der Waals surface area contributed by atoms with Gasteiger partial charge in [-0.05, 0) is 127 Å². The summed E-state index contributed by atoms with van der Waals surface area (Å²) in [6.07, 6.45) is 31.0. The van der Waals surface area contributed by atoms with Crippen molar-refractivity contribution < 1.29 is 47.6 Å². The van der Waals surface area contributed by atoms with Crippen LogP contribution in [-0.2, 0) is 0 Å². The molecule has 0 spiro atoms. The van der Waals surface area contributed by atoms with Crippen molar-refractivity contribution in [3.63, 3.8) is 0 Å². The van der Waals surface area contributed by atoms with Crippen molar-refractivity contribution in [2.24, 2.45) is 0 Å². The molecule has 0 saturated heterocycles. The summed E-state index contributed by atoms with van der Waals surface area (Å²) in [7, 11) is 0. The number of esters is 4. The lowest BCUT2D eigenvalue weighted by Gasteiger charge is -2.09. The lowest BCUT2D eigenvalue weighted by molar-refractivity contribution is 0.0721. The normalized spacial score (nSPS) is 11.1. The monoisotopic (exact) mass is 1040 g/mol. The predicted molar refractivity (Wildman–Crippen MR) is 301 cm³/mol. The van der Waals surface area contributed by atoms with E-state index in [1.807, 2.05) is 6.07 Å². The number of carbonyl (C=O) groups is 4. The highest BCUT2D eigenvalue weighted by molar-refractivity contribution is 7.21. The molecule has 0 unspecified atom stereocenters. The molecule has 0 aliphatic rings. The zero-order valence-corrected chi connectivity index (χ0v) is 45.2. The third-order valence-electron chi connectivity index (χ3n) is 13.2. The molecular weight excluding hydrogens is 961 g/mol. The fourth-order valence-corrected chi connectivity index (χ4v) is 9.73. The minimum Gasteiger partial charge on any atom is -0.494 e. The third-order valence-corrected chi connectivity index (χ3v) is 14.3. The number of fused-ring (bicyclic) bond motifs is 1. The molecule has 0 atom stereocenters. The summed E-state index contributed by atoms with van der Waals surface area (Å²) in [5, 5.41) is 0.691. The van der Waals surface area contributed by atoms with Gasteiger partial charge in [-0.25, -0.2) is 19.2 Å². The van der Waals surface area contributed by atoms with Crippen molar-refractivity contribution >= 4 is 45.3 Å². The Morgan fingerprint density at radius 1 is 0.347 bits per heavy atom. The van der Waals surface area contributed by atoms with Crippen LogP contribution < -0.4 is 28.4 Å². The van der Waals surface area contributed by atoms with Crippen molar-refractivity contribution in [3.8, 4) is 34.5 Å². The average molecular weight is 1040 g/mol. The second kappa shape index (κ2) is 33.5. The number of benzene rings is 5. The molecule has 0 fully saturated rings. The molecule has 11 heteroatoms. The highest BCUT2D eigenvalue weighted by Crippen LogP contribution is 2.35. The van der Waals surface area contributed by atoms with E-state index in [1.54, 1.807) is 66.7 Å². The Bertz CT molecular complexity index is 2600. The quantitative estimate of drug-likeness (QED) is 0.0213. The van der Waals surface area contributed by atoms with E-state index in [-0.39, 0.29) is 28.4 Å². The molecule has 6 rings (SSSR count). The van der Waals surface area contributed by atoms with Gasteiger partial charge in [0.25, 0.3) is 0 Å². The largest absolute Gasteiger partial charge is 0.494 e. The van der Waals surface area contributed by atoms with Crippen LogP contribution in [0.1, 0.15) is 209 Å². The first kappa shape index (κ1) is 57.8. The van der Waals surface area contributed by atoms with Gasteiger partial charge in [0.15, 0.2) is 0 Å². The van der Waals surface area contributed by atoms with Crippen LogP contribution in [0.15, 0.2) is 121 Å². The molecule has 5 aromatic carbocycles. The Balaban J connectivity index is 0.868. The minimum atomic E-state index is -0.623. The highest BCUT2D eigenvalue weighted by Gasteiger charge is 2.19. The zero-order valence-electron chi connectivity index (χ0n) is 44.4. The fraction of sp³-hybridized carbons (Fsp3) is 0.438. The lowest BCUT2D eigenvalue weighted by atomic mass is 10.1. The van der Waals surface area contributed by atoms with Gasteiger partial charge in [-0.3, -0.25) is 0 Å². The molecule has 0 saturated carbocycles. The van der Waals surface area contributed by atoms with E-state index in [2.05, 4.69) is 13.8 Å². The van der Waals surface area contributed by atoms with Crippen molar-refractivity contribution in [1.29, 1.82) is 0 Å². The van der Waals surface area contributed by atoms with Gasteiger partial charge in [-0.15, -0.1) is 11.3 Å². The topological polar surface area (TPSA) is 124 Å². The van der Waals surface area contributed by atoms with Gasteiger partial charge in [0.2, 0.25) is 0 Å². The van der Waals surface area contributed by atoms with Gasteiger partial charge in [-0.1, -0.05) is 167 Å². The number of ether oxygens (including phenoxy) is 6. The van der Waals surface area contributed by atoms with Gasteiger partial charge in [0.1, 0.15) is 39.4 Å². The first-order valence-electron chi connectivity index (χ1n) is 27.9. The molecule has 10 nitrogen and oxygen atoms in total. The molecule has 0 radical (unpaired) electrons. The van der Waals surface area contributed by atoms with E-state index in [4.69, 9.17) is 28.4 Å². The molecule has 6 aromatic rings. The molecular formula is C64H78O10S. The molecule has 0 amide bonds. The number of unbranched alkanes of at least 4 members (excludes halogenated alkanes) is 22. The number of hydrogen-bond donors (Lipinski definition) is 0. The molecule has 0 N–H and O–H groups in total. The third kappa shape index (κ3) is 21.0. The molecule has 0 aliphatic heterocycles. The van der Waals surface area contributed by atoms with Crippen LogP contribution in [0.3, 0.4) is 0 Å². The second-order valence-corrected chi connectivity index (χ2v) is 20.4. The Hall–Kier alpha value is -6.46. The van der Waals surface area contributed by atoms with Crippen LogP contribution in [-0.4, -0.2) is 37.1 Å². The van der Waals surface area contributed by atoms with E-state index in [0.29, 0.717) is 45.2 Å². The lowest BCUT2D eigenvalue weighted by Crippen LogP contribution is -2.10. The van der Waals surface area contributed by atoms with Crippen LogP contribution in [0.2, 0.25) is 0 Å². The standard InChI is InChI=1S/C64H78O10S/c1-3-5-7-9-11-13-15-17-19-21-23-25-46-69-53-36-30-49(31-37-53)61(65)71-55-38-34-51(35-39-55)63(67)74-58-29-27-28-52-48-59(75-60(52)58)64(68)73-56-40-32-50(33-41-56)62(66)72-57-44-42-54(43-45-57)70-47-26-24-22-20-18-16-14-12-10-8-6-4-2/h27-45,48H,3-26,46-47H2,1-2H3. The van der Waals surface area contributed by atoms with Gasteiger partial charge in [-0.2, -0.15) is 0 Å². The maximum atomic E-state index is 13.3. The Morgan fingerprint density at radius 3 is 1.07 bits per heavy atom. The summed E-state index contributed by atoms with van der Waals surface area (Å²) < 4.78 is 35.0. The van der Waals surface area contributed by atoms with Crippen LogP contribution in [0, 0.1) is 0 Å². The maximum absolute atomic E-state index is 13.3. The van der Waals surface area contributed by atoms with Gasteiger partial charge in [0, 0.05) is 0 Å².